The monoisotopic (exact) mass is 330 g/mol. The summed E-state index contributed by atoms with van der Waals surface area (Å²) < 4.78 is 0. The largest absolute Gasteiger partial charge is 0.341 e. The molecule has 1 aliphatic rings. The van der Waals surface area contributed by atoms with Crippen LogP contribution in [-0.2, 0) is 11.3 Å². The Kier molecular flexibility index (Phi) is 5.35. The molecule has 0 radical (unpaired) electrons. The molecule has 3 heterocycles. The second-order valence-electron chi connectivity index (χ2n) is 6.08. The third-order valence-electron chi connectivity index (χ3n) is 4.16. The van der Waals surface area contributed by atoms with Gasteiger partial charge >= 0.3 is 0 Å². The summed E-state index contributed by atoms with van der Waals surface area (Å²) >= 11 is 1.69. The number of carbonyl (C=O) groups is 1. The predicted molar refractivity (Wildman–Crippen MR) is 91.2 cm³/mol. The Morgan fingerprint density at radius 3 is 3.13 bits per heavy atom. The molecular formula is C17H22N4OS. The average molecular weight is 330 g/mol. The van der Waals surface area contributed by atoms with Gasteiger partial charge in [0.1, 0.15) is 0 Å². The smallest absolute Gasteiger partial charge is 0.236 e. The second kappa shape index (κ2) is 7.66. The third kappa shape index (κ3) is 4.36. The number of hydrogen-bond donors (Lipinski definition) is 0. The number of rotatable bonds is 5. The van der Waals surface area contributed by atoms with E-state index in [1.165, 1.54) is 0 Å². The molecular weight excluding hydrogens is 308 g/mol. The minimum atomic E-state index is 0.206. The van der Waals surface area contributed by atoms with Crippen LogP contribution in [0.15, 0.2) is 36.1 Å². The molecule has 1 atom stereocenters. The molecule has 5 nitrogen and oxygen atoms in total. The van der Waals surface area contributed by atoms with Gasteiger partial charge in [0.2, 0.25) is 5.91 Å². The van der Waals surface area contributed by atoms with Crippen molar-refractivity contribution in [1.29, 1.82) is 0 Å². The summed E-state index contributed by atoms with van der Waals surface area (Å²) in [4.78, 5) is 25.1. The van der Waals surface area contributed by atoms with Crippen molar-refractivity contribution in [3.63, 3.8) is 0 Å². The van der Waals surface area contributed by atoms with Gasteiger partial charge in [-0.3, -0.25) is 14.7 Å². The lowest BCUT2D eigenvalue weighted by Crippen LogP contribution is -2.43. The first-order valence-corrected chi connectivity index (χ1v) is 8.85. The number of aromatic nitrogens is 2. The van der Waals surface area contributed by atoms with E-state index in [0.29, 0.717) is 12.5 Å². The summed E-state index contributed by atoms with van der Waals surface area (Å²) in [6.45, 7) is 2.84. The van der Waals surface area contributed by atoms with E-state index in [9.17, 15) is 4.79 Å². The number of thiazole rings is 1. The summed E-state index contributed by atoms with van der Waals surface area (Å²) in [6, 6.07) is 3.96. The molecule has 1 amide bonds. The Balaban J connectivity index is 1.53. The highest BCUT2D eigenvalue weighted by molar-refractivity contribution is 7.09. The maximum absolute atomic E-state index is 12.6. The minimum Gasteiger partial charge on any atom is -0.341 e. The summed E-state index contributed by atoms with van der Waals surface area (Å²) in [5.74, 6) is 0.606. The molecule has 3 rings (SSSR count). The molecule has 2 aromatic rings. The quantitative estimate of drug-likeness (QED) is 0.844. The maximum atomic E-state index is 12.6. The highest BCUT2D eigenvalue weighted by Crippen LogP contribution is 2.28. The first-order chi connectivity index (χ1) is 11.2. The van der Waals surface area contributed by atoms with Gasteiger partial charge in [0.05, 0.1) is 11.6 Å². The van der Waals surface area contributed by atoms with Crippen molar-refractivity contribution >= 4 is 17.2 Å². The summed E-state index contributed by atoms with van der Waals surface area (Å²) in [5.41, 5.74) is 1.13. The SMILES string of the molecule is CN(CC(=O)N1CCC[C@@H](c2nccs2)C1)Cc1cccnc1. The molecule has 1 saturated heterocycles. The van der Waals surface area contributed by atoms with E-state index >= 15 is 0 Å². The molecule has 0 unspecified atom stereocenters. The lowest BCUT2D eigenvalue weighted by atomic mass is 9.98. The van der Waals surface area contributed by atoms with Gasteiger partial charge in [-0.1, -0.05) is 6.07 Å². The topological polar surface area (TPSA) is 49.3 Å². The van der Waals surface area contributed by atoms with Crippen LogP contribution in [0.4, 0.5) is 0 Å². The fraction of sp³-hybridized carbons (Fsp3) is 0.471. The van der Waals surface area contributed by atoms with Gasteiger partial charge < -0.3 is 4.90 Å². The maximum Gasteiger partial charge on any atom is 0.236 e. The Hall–Kier alpha value is -1.79. The number of hydrogen-bond acceptors (Lipinski definition) is 5. The molecule has 6 heteroatoms. The van der Waals surface area contributed by atoms with Crippen LogP contribution in [0.1, 0.15) is 29.3 Å². The molecule has 1 aliphatic heterocycles. The van der Waals surface area contributed by atoms with E-state index in [0.717, 1.165) is 43.0 Å². The summed E-state index contributed by atoms with van der Waals surface area (Å²) in [5, 5.41) is 3.17. The zero-order chi connectivity index (χ0) is 16.1. The Morgan fingerprint density at radius 1 is 1.48 bits per heavy atom. The van der Waals surface area contributed by atoms with Crippen molar-refractivity contribution in [2.45, 2.75) is 25.3 Å². The van der Waals surface area contributed by atoms with E-state index in [2.05, 4.69) is 9.97 Å². The standard InChI is InChI=1S/C17H22N4OS/c1-20(11-14-4-2-6-18-10-14)13-16(22)21-8-3-5-15(12-21)17-19-7-9-23-17/h2,4,6-7,9-10,15H,3,5,8,11-13H2,1H3/t15-/m1/s1. The van der Waals surface area contributed by atoms with Gasteiger partial charge in [-0.05, 0) is 31.5 Å². The number of likely N-dealkylation sites (N-methyl/N-ethyl adjacent to an activating group) is 1. The van der Waals surface area contributed by atoms with Crippen molar-refractivity contribution in [3.05, 3.63) is 46.7 Å². The Labute approximate surface area is 141 Å². The van der Waals surface area contributed by atoms with Crippen LogP contribution < -0.4 is 0 Å². The van der Waals surface area contributed by atoms with Crippen LogP contribution in [-0.4, -0.2) is 52.4 Å². The first-order valence-electron chi connectivity index (χ1n) is 7.97. The summed E-state index contributed by atoms with van der Waals surface area (Å²) in [6.07, 6.45) is 7.65. The van der Waals surface area contributed by atoms with Crippen molar-refractivity contribution in [3.8, 4) is 0 Å². The van der Waals surface area contributed by atoms with E-state index < -0.39 is 0 Å². The van der Waals surface area contributed by atoms with Crippen LogP contribution >= 0.6 is 11.3 Å². The number of likely N-dealkylation sites (tertiary alicyclic amines) is 1. The highest BCUT2D eigenvalue weighted by Gasteiger charge is 2.26. The third-order valence-corrected chi connectivity index (χ3v) is 5.09. The molecule has 0 aliphatic carbocycles. The fourth-order valence-corrected chi connectivity index (χ4v) is 3.80. The lowest BCUT2D eigenvalue weighted by Gasteiger charge is -2.33. The van der Waals surface area contributed by atoms with E-state index in [4.69, 9.17) is 0 Å². The number of pyridine rings is 1. The van der Waals surface area contributed by atoms with Crippen molar-refractivity contribution < 1.29 is 4.79 Å². The van der Waals surface area contributed by atoms with E-state index in [1.807, 2.05) is 46.8 Å². The molecule has 2 aromatic heterocycles. The number of piperidine rings is 1. The van der Waals surface area contributed by atoms with Crippen LogP contribution in [0.5, 0.6) is 0 Å². The van der Waals surface area contributed by atoms with Gasteiger partial charge in [0.25, 0.3) is 0 Å². The lowest BCUT2D eigenvalue weighted by molar-refractivity contribution is -0.133. The molecule has 1 fully saturated rings. The van der Waals surface area contributed by atoms with E-state index in [-0.39, 0.29) is 5.91 Å². The van der Waals surface area contributed by atoms with Crippen LogP contribution in [0.3, 0.4) is 0 Å². The molecule has 0 saturated carbocycles. The number of nitrogens with zero attached hydrogens (tertiary/aromatic N) is 4. The zero-order valence-electron chi connectivity index (χ0n) is 13.4. The van der Waals surface area contributed by atoms with Crippen LogP contribution in [0.2, 0.25) is 0 Å². The fourth-order valence-electron chi connectivity index (χ4n) is 3.03. The second-order valence-corrected chi connectivity index (χ2v) is 7.01. The molecule has 122 valence electrons. The predicted octanol–water partition coefficient (Wildman–Crippen LogP) is 2.38. The van der Waals surface area contributed by atoms with Crippen LogP contribution in [0, 0.1) is 0 Å². The van der Waals surface area contributed by atoms with Crippen LogP contribution in [0.25, 0.3) is 0 Å². The molecule has 0 N–H and O–H groups in total. The molecule has 23 heavy (non-hydrogen) atoms. The first kappa shape index (κ1) is 16.1. The van der Waals surface area contributed by atoms with Crippen molar-refractivity contribution in [2.75, 3.05) is 26.7 Å². The molecule has 0 aromatic carbocycles. The highest BCUT2D eigenvalue weighted by atomic mass is 32.1. The average Bonchev–Trinajstić information content (AvgIpc) is 3.10. The van der Waals surface area contributed by atoms with Crippen molar-refractivity contribution in [1.82, 2.24) is 19.8 Å². The number of amides is 1. The number of carbonyl (C=O) groups excluding carboxylic acids is 1. The normalized spacial score (nSPS) is 18.3. The Bertz CT molecular complexity index is 617. The molecule has 0 bridgehead atoms. The van der Waals surface area contributed by atoms with Gasteiger partial charge in [0.15, 0.2) is 0 Å². The van der Waals surface area contributed by atoms with Gasteiger partial charge in [-0.25, -0.2) is 4.98 Å². The zero-order valence-corrected chi connectivity index (χ0v) is 14.2. The van der Waals surface area contributed by atoms with Gasteiger partial charge in [-0.2, -0.15) is 0 Å². The molecule has 0 spiro atoms. The van der Waals surface area contributed by atoms with E-state index in [1.54, 1.807) is 17.5 Å². The minimum absolute atomic E-state index is 0.206. The Morgan fingerprint density at radius 2 is 2.39 bits per heavy atom. The summed E-state index contributed by atoms with van der Waals surface area (Å²) in [7, 11) is 1.98. The van der Waals surface area contributed by atoms with Crippen molar-refractivity contribution in [2.24, 2.45) is 0 Å². The van der Waals surface area contributed by atoms with Gasteiger partial charge in [0, 0.05) is 49.5 Å². The van der Waals surface area contributed by atoms with Gasteiger partial charge in [-0.15, -0.1) is 11.3 Å².